The molecule has 0 aliphatic carbocycles. The van der Waals surface area contributed by atoms with E-state index in [1.54, 1.807) is 0 Å². The molecule has 0 aliphatic rings. The number of hydrogen-bond acceptors (Lipinski definition) is 2. The molecule has 0 bridgehead atoms. The lowest BCUT2D eigenvalue weighted by atomic mass is 9.94. The number of hydrogen-bond donors (Lipinski definition) is 0. The second kappa shape index (κ2) is 17.5. The number of allylic oxidation sites excluding steroid dienone is 4. The van der Waals surface area contributed by atoms with E-state index in [9.17, 15) is 0 Å². The predicted molar refractivity (Wildman–Crippen MR) is 290 cm³/mol. The van der Waals surface area contributed by atoms with Gasteiger partial charge in [-0.15, -0.1) is 6.42 Å². The van der Waals surface area contributed by atoms with Crippen LogP contribution in [0.25, 0.3) is 117 Å². The fourth-order valence-electron chi connectivity index (χ4n) is 10.0. The summed E-state index contributed by atoms with van der Waals surface area (Å²) in [5.41, 5.74) is 17.0. The number of aromatic nitrogens is 4. The van der Waals surface area contributed by atoms with Crippen molar-refractivity contribution in [3.05, 3.63) is 248 Å². The van der Waals surface area contributed by atoms with Gasteiger partial charge in [0, 0.05) is 32.7 Å². The van der Waals surface area contributed by atoms with Crippen molar-refractivity contribution in [3.8, 4) is 79.9 Å². The van der Waals surface area contributed by atoms with Gasteiger partial charge in [0.05, 0.1) is 33.5 Å². The molecule has 12 aromatic rings. The standard InChI is InChI=1S/C65H44N4/c1-3-20-44(21-4-2)48-38-49(45-22-8-5-9-23-45)41-52(40-48)58-31-19-35-63(67-58)69-59-32-16-14-28-54(59)55-36-37-61-64(65(55)69)56-29-15-17-33-60(56)68(61)62-34-18-30-57(66-62)53-42-50(46-24-10-6-11-25-46)39-51(43-53)47-26-12-7-13-27-47/h1,4-43H,2H3/b21-4-,44-20+. The van der Waals surface area contributed by atoms with E-state index in [1.807, 2.05) is 25.1 Å². The van der Waals surface area contributed by atoms with Gasteiger partial charge in [-0.2, -0.15) is 0 Å². The molecule has 0 unspecified atom stereocenters. The van der Waals surface area contributed by atoms with E-state index in [1.165, 1.54) is 0 Å². The van der Waals surface area contributed by atoms with Crippen molar-refractivity contribution in [1.29, 1.82) is 0 Å². The zero-order valence-electron chi connectivity index (χ0n) is 38.0. The summed E-state index contributed by atoms with van der Waals surface area (Å²) in [5.74, 6) is 4.43. The maximum Gasteiger partial charge on any atom is 0.138 e. The number of nitrogens with zero attached hydrogens (tertiary/aromatic N) is 4. The lowest BCUT2D eigenvalue weighted by Crippen LogP contribution is -2.00. The normalized spacial score (nSPS) is 11.9. The SMILES string of the molecule is C#C/C=C(\C=C/C)c1cc(-c2ccccc2)cc(-c2cccc(-n3c4ccccc4c4ccc5c(c6ccccc6n5-c5cccc(-c6cc(-c7ccccc7)cc(-c7ccccc7)c6)n5)c43)n2)c1. The number of terminal acetylenes is 1. The molecule has 0 saturated heterocycles. The summed E-state index contributed by atoms with van der Waals surface area (Å²) in [6.07, 6.45) is 11.8. The summed E-state index contributed by atoms with van der Waals surface area (Å²) in [5, 5.41) is 4.60. The second-order valence-corrected chi connectivity index (χ2v) is 17.3. The van der Waals surface area contributed by atoms with E-state index in [-0.39, 0.29) is 0 Å². The molecule has 4 heteroatoms. The van der Waals surface area contributed by atoms with Crippen molar-refractivity contribution in [3.63, 3.8) is 0 Å². The quantitative estimate of drug-likeness (QED) is 0.107. The van der Waals surface area contributed by atoms with Crippen LogP contribution in [0, 0.1) is 12.3 Å². The largest absolute Gasteiger partial charge is 0.294 e. The molecule has 12 rings (SSSR count). The Kier molecular flexibility index (Phi) is 10.4. The summed E-state index contributed by atoms with van der Waals surface area (Å²) in [6, 6.07) is 79.7. The Morgan fingerprint density at radius 3 is 1.48 bits per heavy atom. The van der Waals surface area contributed by atoms with Gasteiger partial charge in [0.25, 0.3) is 0 Å². The minimum absolute atomic E-state index is 0.829. The molecule has 0 amide bonds. The molecule has 4 heterocycles. The predicted octanol–water partition coefficient (Wildman–Crippen LogP) is 16.6. The number of fused-ring (bicyclic) bond motifs is 7. The summed E-state index contributed by atoms with van der Waals surface area (Å²) >= 11 is 0. The molecule has 324 valence electrons. The van der Waals surface area contributed by atoms with Crippen molar-refractivity contribution >= 4 is 49.2 Å². The molecular weight excluding hydrogens is 837 g/mol. The van der Waals surface area contributed by atoms with Gasteiger partial charge in [0.15, 0.2) is 0 Å². The van der Waals surface area contributed by atoms with E-state index >= 15 is 0 Å². The van der Waals surface area contributed by atoms with Crippen LogP contribution in [0.5, 0.6) is 0 Å². The van der Waals surface area contributed by atoms with Gasteiger partial charge in [0.1, 0.15) is 11.6 Å². The Morgan fingerprint density at radius 1 is 0.420 bits per heavy atom. The summed E-state index contributed by atoms with van der Waals surface area (Å²) in [6.45, 7) is 2.01. The Balaban J connectivity index is 1.06. The van der Waals surface area contributed by atoms with Crippen molar-refractivity contribution < 1.29 is 0 Å². The monoisotopic (exact) mass is 880 g/mol. The molecule has 4 aromatic heterocycles. The summed E-state index contributed by atoms with van der Waals surface area (Å²) in [7, 11) is 0. The van der Waals surface area contributed by atoms with E-state index in [2.05, 4.69) is 240 Å². The molecule has 0 atom stereocenters. The van der Waals surface area contributed by atoms with Crippen LogP contribution >= 0.6 is 0 Å². The van der Waals surface area contributed by atoms with Crippen LogP contribution in [0.3, 0.4) is 0 Å². The van der Waals surface area contributed by atoms with Crippen LogP contribution in [0.1, 0.15) is 12.5 Å². The minimum atomic E-state index is 0.829. The molecule has 4 nitrogen and oxygen atoms in total. The number of rotatable bonds is 9. The highest BCUT2D eigenvalue weighted by molar-refractivity contribution is 6.26. The van der Waals surface area contributed by atoms with E-state index in [4.69, 9.17) is 16.4 Å². The van der Waals surface area contributed by atoms with Crippen molar-refractivity contribution in [2.45, 2.75) is 6.92 Å². The first-order valence-corrected chi connectivity index (χ1v) is 23.3. The van der Waals surface area contributed by atoms with Crippen LogP contribution < -0.4 is 0 Å². The Morgan fingerprint density at radius 2 is 0.899 bits per heavy atom. The molecule has 0 aliphatic heterocycles. The highest BCUT2D eigenvalue weighted by atomic mass is 15.1. The Labute approximate surface area is 401 Å². The molecular formula is C65H44N4. The fourth-order valence-corrected chi connectivity index (χ4v) is 10.0. The fraction of sp³-hybridized carbons (Fsp3) is 0.0154. The molecule has 0 saturated carbocycles. The third kappa shape index (κ3) is 7.40. The first-order valence-electron chi connectivity index (χ1n) is 23.3. The minimum Gasteiger partial charge on any atom is -0.294 e. The summed E-state index contributed by atoms with van der Waals surface area (Å²) in [4.78, 5) is 11.0. The molecule has 69 heavy (non-hydrogen) atoms. The first-order chi connectivity index (χ1) is 34.1. The topological polar surface area (TPSA) is 35.6 Å². The third-order valence-electron chi connectivity index (χ3n) is 13.1. The second-order valence-electron chi connectivity index (χ2n) is 17.3. The third-order valence-corrected chi connectivity index (χ3v) is 13.1. The van der Waals surface area contributed by atoms with E-state index in [0.717, 1.165) is 122 Å². The van der Waals surface area contributed by atoms with Crippen LogP contribution in [-0.4, -0.2) is 19.1 Å². The van der Waals surface area contributed by atoms with Crippen LogP contribution in [0.2, 0.25) is 0 Å². The van der Waals surface area contributed by atoms with Gasteiger partial charge >= 0.3 is 0 Å². The maximum absolute atomic E-state index is 5.87. The van der Waals surface area contributed by atoms with Gasteiger partial charge < -0.3 is 0 Å². The van der Waals surface area contributed by atoms with Gasteiger partial charge in [-0.3, -0.25) is 9.13 Å². The Bertz CT molecular complexity index is 3960. The average molecular weight is 881 g/mol. The Hall–Kier alpha value is -9.30. The van der Waals surface area contributed by atoms with Crippen LogP contribution in [0.15, 0.2) is 243 Å². The summed E-state index contributed by atoms with van der Waals surface area (Å²) < 4.78 is 4.67. The van der Waals surface area contributed by atoms with E-state index in [0.29, 0.717) is 0 Å². The number of pyridine rings is 2. The van der Waals surface area contributed by atoms with E-state index < -0.39 is 0 Å². The van der Waals surface area contributed by atoms with Gasteiger partial charge in [-0.05, 0) is 136 Å². The average Bonchev–Trinajstić information content (AvgIpc) is 3.94. The highest BCUT2D eigenvalue weighted by Crippen LogP contribution is 2.42. The number of para-hydroxylation sites is 2. The lowest BCUT2D eigenvalue weighted by molar-refractivity contribution is 1.08. The maximum atomic E-state index is 5.87. The van der Waals surface area contributed by atoms with Crippen LogP contribution in [-0.2, 0) is 0 Å². The van der Waals surface area contributed by atoms with Gasteiger partial charge in [-0.25, -0.2) is 9.97 Å². The zero-order valence-corrected chi connectivity index (χ0v) is 38.0. The number of benzene rings is 8. The molecule has 0 fully saturated rings. The molecule has 8 aromatic carbocycles. The van der Waals surface area contributed by atoms with Gasteiger partial charge in [0.2, 0.25) is 0 Å². The zero-order chi connectivity index (χ0) is 46.3. The van der Waals surface area contributed by atoms with Crippen LogP contribution in [0.4, 0.5) is 0 Å². The lowest BCUT2D eigenvalue weighted by Gasteiger charge is -2.13. The molecule has 0 radical (unpaired) electrons. The van der Waals surface area contributed by atoms with Crippen molar-refractivity contribution in [2.75, 3.05) is 0 Å². The van der Waals surface area contributed by atoms with Crippen molar-refractivity contribution in [1.82, 2.24) is 19.1 Å². The first kappa shape index (κ1) is 41.2. The molecule has 0 spiro atoms. The highest BCUT2D eigenvalue weighted by Gasteiger charge is 2.22. The van der Waals surface area contributed by atoms with Gasteiger partial charge in [-0.1, -0.05) is 164 Å². The smallest absolute Gasteiger partial charge is 0.138 e. The molecule has 0 N–H and O–H groups in total. The van der Waals surface area contributed by atoms with Crippen molar-refractivity contribution in [2.24, 2.45) is 0 Å².